The van der Waals surface area contributed by atoms with E-state index in [1.165, 1.54) is 5.56 Å². The average molecular weight is 205 g/mol. The molecule has 0 bridgehead atoms. The van der Waals surface area contributed by atoms with Gasteiger partial charge in [0.2, 0.25) is 0 Å². The molecule has 1 aromatic carbocycles. The highest BCUT2D eigenvalue weighted by Gasteiger charge is 2.32. The van der Waals surface area contributed by atoms with Crippen LogP contribution in [0.2, 0.25) is 0 Å². The Balaban J connectivity index is 1.87. The maximum absolute atomic E-state index is 11.1. The van der Waals surface area contributed by atoms with Crippen molar-refractivity contribution in [1.29, 1.82) is 0 Å². The van der Waals surface area contributed by atoms with Crippen LogP contribution in [-0.4, -0.2) is 18.6 Å². The molecule has 1 N–H and O–H groups in total. The lowest BCUT2D eigenvalue weighted by Crippen LogP contribution is -2.34. The number of esters is 1. The van der Waals surface area contributed by atoms with Gasteiger partial charge in [-0.3, -0.25) is 4.79 Å². The van der Waals surface area contributed by atoms with Crippen LogP contribution in [0.4, 0.5) is 0 Å². The summed E-state index contributed by atoms with van der Waals surface area (Å²) >= 11 is 0. The molecule has 0 aliphatic carbocycles. The lowest BCUT2D eigenvalue weighted by atomic mass is 10.1. The lowest BCUT2D eigenvalue weighted by molar-refractivity contribution is -0.140. The zero-order valence-electron chi connectivity index (χ0n) is 8.77. The number of ether oxygens (including phenoxy) is 1. The second-order valence-electron chi connectivity index (χ2n) is 3.89. The van der Waals surface area contributed by atoms with Crippen LogP contribution in [0, 0.1) is 5.92 Å². The van der Waals surface area contributed by atoms with E-state index in [0.29, 0.717) is 6.61 Å². The molecule has 0 radical (unpaired) electrons. The standard InChI is InChI=1S/C12H15NO2/c1-9-11(8-15-12(9)14)13-7-10-5-3-2-4-6-10/h2-6,9,11,13H,7-8H2,1H3/t9-,11+/m0/s1. The van der Waals surface area contributed by atoms with Gasteiger partial charge in [0.05, 0.1) is 12.0 Å². The van der Waals surface area contributed by atoms with E-state index >= 15 is 0 Å². The fraction of sp³-hybridized carbons (Fsp3) is 0.417. The fourth-order valence-corrected chi connectivity index (χ4v) is 1.69. The smallest absolute Gasteiger partial charge is 0.310 e. The van der Waals surface area contributed by atoms with Gasteiger partial charge in [-0.25, -0.2) is 0 Å². The highest BCUT2D eigenvalue weighted by Crippen LogP contribution is 2.14. The number of cyclic esters (lactones) is 1. The molecule has 1 saturated heterocycles. The van der Waals surface area contributed by atoms with Crippen LogP contribution in [0.15, 0.2) is 30.3 Å². The van der Waals surface area contributed by atoms with Gasteiger partial charge < -0.3 is 10.1 Å². The Morgan fingerprint density at radius 2 is 2.13 bits per heavy atom. The van der Waals surface area contributed by atoms with Crippen LogP contribution in [-0.2, 0) is 16.1 Å². The lowest BCUT2D eigenvalue weighted by Gasteiger charge is -2.12. The van der Waals surface area contributed by atoms with Crippen molar-refractivity contribution in [3.05, 3.63) is 35.9 Å². The Labute approximate surface area is 89.4 Å². The molecule has 3 heteroatoms. The third kappa shape index (κ3) is 2.36. The zero-order chi connectivity index (χ0) is 10.7. The fourth-order valence-electron chi connectivity index (χ4n) is 1.69. The monoisotopic (exact) mass is 205 g/mol. The zero-order valence-corrected chi connectivity index (χ0v) is 8.77. The van der Waals surface area contributed by atoms with Crippen molar-refractivity contribution < 1.29 is 9.53 Å². The van der Waals surface area contributed by atoms with Crippen LogP contribution in [0.3, 0.4) is 0 Å². The van der Waals surface area contributed by atoms with Crippen LogP contribution < -0.4 is 5.32 Å². The minimum Gasteiger partial charge on any atom is -0.464 e. The first-order valence-electron chi connectivity index (χ1n) is 5.21. The summed E-state index contributed by atoms with van der Waals surface area (Å²) in [4.78, 5) is 11.1. The van der Waals surface area contributed by atoms with E-state index in [2.05, 4.69) is 17.4 Å². The Kier molecular flexibility index (Phi) is 3.02. The minimum atomic E-state index is -0.0967. The summed E-state index contributed by atoms with van der Waals surface area (Å²) in [6.45, 7) is 3.18. The number of benzene rings is 1. The van der Waals surface area contributed by atoms with E-state index in [1.54, 1.807) is 0 Å². The van der Waals surface area contributed by atoms with Crippen molar-refractivity contribution in [3.8, 4) is 0 Å². The van der Waals surface area contributed by atoms with Crippen molar-refractivity contribution in [2.45, 2.75) is 19.5 Å². The molecular formula is C12H15NO2. The molecule has 1 aliphatic heterocycles. The first-order valence-corrected chi connectivity index (χ1v) is 5.21. The largest absolute Gasteiger partial charge is 0.464 e. The average Bonchev–Trinajstić information content (AvgIpc) is 2.59. The van der Waals surface area contributed by atoms with Crippen molar-refractivity contribution in [2.75, 3.05) is 6.61 Å². The number of rotatable bonds is 3. The molecule has 0 aromatic heterocycles. The topological polar surface area (TPSA) is 38.3 Å². The quantitative estimate of drug-likeness (QED) is 0.757. The number of hydrogen-bond acceptors (Lipinski definition) is 3. The highest BCUT2D eigenvalue weighted by atomic mass is 16.5. The van der Waals surface area contributed by atoms with Crippen LogP contribution >= 0.6 is 0 Å². The van der Waals surface area contributed by atoms with Crippen molar-refractivity contribution in [3.63, 3.8) is 0 Å². The number of nitrogens with one attached hydrogen (secondary N) is 1. The summed E-state index contributed by atoms with van der Waals surface area (Å²) in [5.41, 5.74) is 1.23. The summed E-state index contributed by atoms with van der Waals surface area (Å²) in [5, 5.41) is 3.33. The highest BCUT2D eigenvalue weighted by molar-refractivity contribution is 5.74. The second-order valence-corrected chi connectivity index (χ2v) is 3.89. The number of carbonyl (C=O) groups is 1. The molecule has 1 aromatic rings. The molecule has 1 fully saturated rings. The van der Waals surface area contributed by atoms with E-state index in [1.807, 2.05) is 25.1 Å². The number of hydrogen-bond donors (Lipinski definition) is 1. The van der Waals surface area contributed by atoms with Crippen LogP contribution in [0.5, 0.6) is 0 Å². The minimum absolute atomic E-state index is 0.0336. The van der Waals surface area contributed by atoms with Crippen LogP contribution in [0.1, 0.15) is 12.5 Å². The summed E-state index contributed by atoms with van der Waals surface area (Å²) in [6.07, 6.45) is 0. The molecule has 3 nitrogen and oxygen atoms in total. The third-order valence-electron chi connectivity index (χ3n) is 2.79. The molecule has 2 rings (SSSR count). The van der Waals surface area contributed by atoms with Gasteiger partial charge in [-0.05, 0) is 5.56 Å². The predicted octanol–water partition coefficient (Wildman–Crippen LogP) is 1.34. The van der Waals surface area contributed by atoms with Crippen LogP contribution in [0.25, 0.3) is 0 Å². The van der Waals surface area contributed by atoms with Gasteiger partial charge >= 0.3 is 5.97 Å². The first-order chi connectivity index (χ1) is 7.27. The maximum atomic E-state index is 11.1. The molecular weight excluding hydrogens is 190 g/mol. The van der Waals surface area contributed by atoms with Gasteiger partial charge in [0.15, 0.2) is 0 Å². The molecule has 1 aliphatic rings. The Hall–Kier alpha value is -1.35. The summed E-state index contributed by atoms with van der Waals surface area (Å²) in [6, 6.07) is 10.3. The van der Waals surface area contributed by atoms with Gasteiger partial charge in [-0.1, -0.05) is 37.3 Å². The van der Waals surface area contributed by atoms with E-state index in [4.69, 9.17) is 4.74 Å². The summed E-state index contributed by atoms with van der Waals surface area (Å²) < 4.78 is 4.96. The SMILES string of the molecule is C[C@@H]1C(=O)OC[C@H]1NCc1ccccc1. The van der Waals surface area contributed by atoms with Gasteiger partial charge in [-0.15, -0.1) is 0 Å². The normalized spacial score (nSPS) is 25.3. The number of carbonyl (C=O) groups excluding carboxylic acids is 1. The van der Waals surface area contributed by atoms with E-state index in [9.17, 15) is 4.79 Å². The van der Waals surface area contributed by atoms with Gasteiger partial charge in [0.1, 0.15) is 6.61 Å². The van der Waals surface area contributed by atoms with Gasteiger partial charge in [0, 0.05) is 6.54 Å². The maximum Gasteiger partial charge on any atom is 0.310 e. The van der Waals surface area contributed by atoms with Crippen molar-refractivity contribution in [1.82, 2.24) is 5.32 Å². The molecule has 0 amide bonds. The molecule has 80 valence electrons. The Morgan fingerprint density at radius 1 is 1.40 bits per heavy atom. The molecule has 2 atom stereocenters. The first kappa shape index (κ1) is 10.2. The van der Waals surface area contributed by atoms with Crippen molar-refractivity contribution in [2.24, 2.45) is 5.92 Å². The van der Waals surface area contributed by atoms with E-state index in [0.717, 1.165) is 6.54 Å². The van der Waals surface area contributed by atoms with Crippen molar-refractivity contribution >= 4 is 5.97 Å². The molecule has 0 unspecified atom stereocenters. The van der Waals surface area contributed by atoms with E-state index in [-0.39, 0.29) is 17.9 Å². The third-order valence-corrected chi connectivity index (χ3v) is 2.79. The predicted molar refractivity (Wildman–Crippen MR) is 57.2 cm³/mol. The summed E-state index contributed by atoms with van der Waals surface area (Å²) in [5.74, 6) is -0.130. The Bertz CT molecular complexity index is 337. The van der Waals surface area contributed by atoms with Gasteiger partial charge in [0.25, 0.3) is 0 Å². The van der Waals surface area contributed by atoms with Gasteiger partial charge in [-0.2, -0.15) is 0 Å². The second kappa shape index (κ2) is 4.45. The molecule has 15 heavy (non-hydrogen) atoms. The summed E-state index contributed by atoms with van der Waals surface area (Å²) in [7, 11) is 0. The Morgan fingerprint density at radius 3 is 2.73 bits per heavy atom. The van der Waals surface area contributed by atoms with E-state index < -0.39 is 0 Å². The molecule has 1 heterocycles. The molecule has 0 spiro atoms. The molecule has 0 saturated carbocycles.